The number of benzene rings is 7. The average Bonchev–Trinajstić information content (AvgIpc) is 1.58. The van der Waals surface area contributed by atoms with Gasteiger partial charge in [-0.15, -0.1) is 0 Å². The van der Waals surface area contributed by atoms with E-state index in [4.69, 9.17) is 19.9 Å². The molecule has 7 aromatic carbocycles. The predicted octanol–water partition coefficient (Wildman–Crippen LogP) is 20.0. The summed E-state index contributed by atoms with van der Waals surface area (Å²) in [6.45, 7) is 0. The van der Waals surface area contributed by atoms with E-state index in [0.29, 0.717) is 81.7 Å². The van der Waals surface area contributed by atoms with Crippen molar-refractivity contribution >= 4 is 87.5 Å². The van der Waals surface area contributed by atoms with E-state index in [-0.39, 0.29) is 22.1 Å². The molecule has 0 amide bonds. The number of fused-ring (bicyclic) bond motifs is 11. The molecule has 456 valence electrons. The maximum Gasteiger partial charge on any atom is 0.416 e. The molecular formula is C62H28Br2F18N8. The summed E-state index contributed by atoms with van der Waals surface area (Å²) in [5, 5.41) is 0.151. The monoisotopic (exact) mass is 1380 g/mol. The van der Waals surface area contributed by atoms with Gasteiger partial charge < -0.3 is 9.97 Å². The maximum atomic E-state index is 14.9. The Morgan fingerprint density at radius 3 is 0.711 bits per heavy atom. The number of alkyl halides is 18. The highest BCUT2D eigenvalue weighted by Gasteiger charge is 2.39. The first-order valence-corrected chi connectivity index (χ1v) is 27.4. The SMILES string of the molecule is FC(F)(F)c1cccc(C2=C(c3cccc(C(F)(F)F)c3)c3nc2nc2[nH]c(nc4nc(nc5[nH]c(n3)c3cc(Br)c(Br)cc53)C(c3cccc(C(F)(F)F)c3)=C4c3cccc(C(F)(F)F)c3)c(-c3cccc(C(F)(F)F)c3)c2-c2cccc(C(F)(F)F)c2)c1. The number of nitrogens with zero attached hydrogens (tertiary/aromatic N) is 6. The minimum Gasteiger partial charge on any atom is -0.324 e. The molecule has 2 N–H and O–H groups in total. The molecule has 0 radical (unpaired) electrons. The fourth-order valence-corrected chi connectivity index (χ4v) is 11.1. The van der Waals surface area contributed by atoms with Crippen LogP contribution in [0.5, 0.6) is 0 Å². The molecule has 2 aliphatic heterocycles. The molecule has 5 heterocycles. The lowest BCUT2D eigenvalue weighted by Gasteiger charge is -2.13. The Morgan fingerprint density at radius 1 is 0.256 bits per heavy atom. The molecule has 0 saturated carbocycles. The van der Waals surface area contributed by atoms with Crippen molar-refractivity contribution in [3.8, 4) is 22.3 Å². The number of aromatic amines is 2. The zero-order valence-electron chi connectivity index (χ0n) is 44.3. The zero-order chi connectivity index (χ0) is 64.4. The molecule has 8 bridgehead atoms. The Hall–Kier alpha value is -9.18. The van der Waals surface area contributed by atoms with E-state index in [1.54, 1.807) is 0 Å². The highest BCUT2D eigenvalue weighted by molar-refractivity contribution is 9.13. The lowest BCUT2D eigenvalue weighted by Crippen LogP contribution is -2.06. The topological polar surface area (TPSA) is 109 Å². The Bertz CT molecular complexity index is 4560. The van der Waals surface area contributed by atoms with Gasteiger partial charge in [-0.3, -0.25) is 0 Å². The quantitative estimate of drug-likeness (QED) is 0.161. The van der Waals surface area contributed by atoms with Crippen LogP contribution in [0.3, 0.4) is 0 Å². The number of nitrogens with one attached hydrogen (secondary N) is 2. The van der Waals surface area contributed by atoms with E-state index in [2.05, 4.69) is 51.8 Å². The van der Waals surface area contributed by atoms with Gasteiger partial charge in [-0.1, -0.05) is 72.8 Å². The van der Waals surface area contributed by atoms with E-state index in [1.807, 2.05) is 0 Å². The molecule has 90 heavy (non-hydrogen) atoms. The molecule has 28 heteroatoms. The molecule has 8 nitrogen and oxygen atoms in total. The molecule has 12 rings (SSSR count). The Kier molecular flexibility index (Phi) is 14.8. The number of halogens is 20. The van der Waals surface area contributed by atoms with Crippen molar-refractivity contribution in [2.24, 2.45) is 0 Å². The summed E-state index contributed by atoms with van der Waals surface area (Å²) in [6, 6.07) is 22.7. The number of H-pyrrole nitrogens is 2. The van der Waals surface area contributed by atoms with E-state index in [0.717, 1.165) is 72.8 Å². The summed E-state index contributed by atoms with van der Waals surface area (Å²) in [7, 11) is 0. The zero-order valence-corrected chi connectivity index (χ0v) is 47.4. The van der Waals surface area contributed by atoms with E-state index in [1.165, 1.54) is 12.1 Å². The van der Waals surface area contributed by atoms with Crippen molar-refractivity contribution in [2.45, 2.75) is 37.1 Å². The summed E-state index contributed by atoms with van der Waals surface area (Å²) >= 11 is 6.84. The predicted molar refractivity (Wildman–Crippen MR) is 302 cm³/mol. The van der Waals surface area contributed by atoms with Gasteiger partial charge in [-0.2, -0.15) is 79.0 Å². The van der Waals surface area contributed by atoms with Gasteiger partial charge >= 0.3 is 37.1 Å². The number of hydrogen-bond donors (Lipinski definition) is 2. The van der Waals surface area contributed by atoms with Gasteiger partial charge in [0.1, 0.15) is 22.6 Å². The second-order valence-electron chi connectivity index (χ2n) is 20.1. The minimum atomic E-state index is -5.15. The van der Waals surface area contributed by atoms with Crippen molar-refractivity contribution in [1.82, 2.24) is 39.9 Å². The first-order valence-electron chi connectivity index (χ1n) is 25.8. The van der Waals surface area contributed by atoms with Gasteiger partial charge in [0, 0.05) is 53.1 Å². The maximum absolute atomic E-state index is 14.9. The Labute approximate surface area is 509 Å². The van der Waals surface area contributed by atoms with Crippen LogP contribution in [-0.2, 0) is 37.1 Å². The highest BCUT2D eigenvalue weighted by atomic mass is 79.9. The Balaban J connectivity index is 1.36. The van der Waals surface area contributed by atoms with Gasteiger partial charge in [0.05, 0.1) is 33.4 Å². The molecule has 3 aromatic heterocycles. The van der Waals surface area contributed by atoms with Gasteiger partial charge in [-0.05, 0) is 150 Å². The third kappa shape index (κ3) is 11.6. The van der Waals surface area contributed by atoms with Gasteiger partial charge in [0.15, 0.2) is 23.3 Å². The van der Waals surface area contributed by atoms with Crippen LogP contribution in [0, 0.1) is 0 Å². The minimum absolute atomic E-state index is 0.0755. The lowest BCUT2D eigenvalue weighted by molar-refractivity contribution is -0.138. The van der Waals surface area contributed by atoms with Crippen LogP contribution in [-0.4, -0.2) is 39.9 Å². The normalized spacial score (nSPS) is 13.7. The van der Waals surface area contributed by atoms with Crippen LogP contribution >= 0.6 is 31.9 Å². The molecule has 0 aliphatic carbocycles. The van der Waals surface area contributed by atoms with Crippen LogP contribution in [0.25, 0.3) is 77.9 Å². The first kappa shape index (κ1) is 61.1. The van der Waals surface area contributed by atoms with Crippen LogP contribution < -0.4 is 0 Å². The van der Waals surface area contributed by atoms with E-state index in [9.17, 15) is 79.0 Å². The fraction of sp³-hybridized carbons (Fsp3) is 0.0968. The molecule has 2 aliphatic rings. The molecule has 0 saturated heterocycles. The van der Waals surface area contributed by atoms with E-state index < -0.39 is 172 Å². The number of rotatable bonds is 6. The van der Waals surface area contributed by atoms with Crippen LogP contribution in [0.2, 0.25) is 0 Å². The van der Waals surface area contributed by atoms with E-state index >= 15 is 0 Å². The smallest absolute Gasteiger partial charge is 0.324 e. The number of hydrogen-bond acceptors (Lipinski definition) is 6. The summed E-state index contributed by atoms with van der Waals surface area (Å²) in [4.78, 5) is 34.1. The molecule has 0 atom stereocenters. The average molecular weight is 1390 g/mol. The second-order valence-corrected chi connectivity index (χ2v) is 21.9. The van der Waals surface area contributed by atoms with Crippen molar-refractivity contribution in [2.75, 3.05) is 0 Å². The first-order chi connectivity index (χ1) is 42.2. The van der Waals surface area contributed by atoms with Gasteiger partial charge in [0.2, 0.25) is 0 Å². The van der Waals surface area contributed by atoms with Crippen LogP contribution in [0.4, 0.5) is 79.0 Å². The fourth-order valence-electron chi connectivity index (χ4n) is 10.4. The third-order valence-electron chi connectivity index (χ3n) is 14.3. The van der Waals surface area contributed by atoms with Crippen LogP contribution in [0.1, 0.15) is 78.9 Å². The summed E-state index contributed by atoms with van der Waals surface area (Å²) in [5.41, 5.74) is -15.7. The standard InChI is InChI=1S/C62H28Br2F18N8/c63-41-25-39-40(26-42(41)64)50-83-49(39)84-51-43(27-7-1-13-33(19-27)57(65,66)67)45(29-9-3-15-35(21-29)59(71,72)73)53(86-51)88-55-47(31-11-5-17-37(23-31)61(77,78)79)48(32-12-6-18-38(24-32)62(80,81)82)56(90-55)89-54-46(30-10-4-16-36(22-30)60(74,75)76)44(52(85-50)87-54)28-8-2-14-34(20-28)58(68,69)70/h1-26H,(H2,83,84,85,86,87,88,89,90). The number of aromatic nitrogens is 8. The summed E-state index contributed by atoms with van der Waals surface area (Å²) < 4.78 is 267. The highest BCUT2D eigenvalue weighted by Crippen LogP contribution is 2.48. The Morgan fingerprint density at radius 2 is 0.467 bits per heavy atom. The summed E-state index contributed by atoms with van der Waals surface area (Å²) in [5.74, 6) is -2.69. The van der Waals surface area contributed by atoms with Crippen molar-refractivity contribution in [3.05, 3.63) is 246 Å². The molecule has 0 fully saturated rings. The molecular weight excluding hydrogens is 1360 g/mol. The van der Waals surface area contributed by atoms with Crippen molar-refractivity contribution in [3.63, 3.8) is 0 Å². The molecule has 0 spiro atoms. The molecule has 10 aromatic rings. The molecule has 0 unspecified atom stereocenters. The van der Waals surface area contributed by atoms with Gasteiger partial charge in [-0.25, -0.2) is 29.9 Å². The largest absolute Gasteiger partial charge is 0.416 e. The van der Waals surface area contributed by atoms with Crippen LogP contribution in [0.15, 0.2) is 167 Å². The second kappa shape index (κ2) is 21.8. The van der Waals surface area contributed by atoms with Crippen molar-refractivity contribution in [1.29, 1.82) is 0 Å². The summed E-state index contributed by atoms with van der Waals surface area (Å²) in [6.07, 6.45) is -30.6. The van der Waals surface area contributed by atoms with Gasteiger partial charge in [0.25, 0.3) is 0 Å². The van der Waals surface area contributed by atoms with Crippen molar-refractivity contribution < 1.29 is 79.0 Å². The lowest BCUT2D eigenvalue weighted by atomic mass is 9.93. The third-order valence-corrected chi connectivity index (χ3v) is 16.2.